The Morgan fingerprint density at radius 3 is 2.50 bits per heavy atom. The molecule has 1 amide bonds. The Labute approximate surface area is 154 Å². The topological polar surface area (TPSA) is 64.6 Å². The predicted octanol–water partition coefficient (Wildman–Crippen LogP) is 3.95. The summed E-state index contributed by atoms with van der Waals surface area (Å²) in [5.41, 5.74) is 3.81. The van der Waals surface area contributed by atoms with E-state index < -0.39 is 12.1 Å². The molecule has 0 spiro atoms. The zero-order chi connectivity index (χ0) is 19.1. The number of anilines is 1. The number of carbonyl (C=O) groups excluding carboxylic acids is 2. The van der Waals surface area contributed by atoms with E-state index in [1.807, 2.05) is 63.2 Å². The molecule has 0 aliphatic heterocycles. The van der Waals surface area contributed by atoms with Gasteiger partial charge in [-0.2, -0.15) is 0 Å². The fourth-order valence-electron chi connectivity index (χ4n) is 2.37. The minimum atomic E-state index is -0.874. The maximum Gasteiger partial charge on any atom is 0.310 e. The molecule has 2 aromatic carbocycles. The molecule has 0 aliphatic rings. The molecule has 26 heavy (non-hydrogen) atoms. The summed E-state index contributed by atoms with van der Waals surface area (Å²) in [5.74, 6) is -0.119. The molecule has 0 radical (unpaired) electrons. The van der Waals surface area contributed by atoms with Crippen LogP contribution >= 0.6 is 0 Å². The second kappa shape index (κ2) is 9.04. The third-order valence-corrected chi connectivity index (χ3v) is 3.89. The van der Waals surface area contributed by atoms with Gasteiger partial charge in [-0.25, -0.2) is 0 Å². The third-order valence-electron chi connectivity index (χ3n) is 3.89. The maximum absolute atomic E-state index is 12.2. The van der Waals surface area contributed by atoms with Crippen molar-refractivity contribution in [3.05, 3.63) is 59.2 Å². The molecular formula is C21H25NO4. The first-order valence-corrected chi connectivity index (χ1v) is 8.62. The van der Waals surface area contributed by atoms with E-state index in [-0.39, 0.29) is 18.9 Å². The standard InChI is InChI=1S/C21H25NO4/c1-14-6-5-7-18(12-14)25-11-10-20(23)26-17(4)21(24)22-19-13-15(2)8-9-16(19)3/h5-9,12-13,17H,10-11H2,1-4H3,(H,22,24)/t17-/m0/s1. The monoisotopic (exact) mass is 355 g/mol. The lowest BCUT2D eigenvalue weighted by Crippen LogP contribution is -2.30. The highest BCUT2D eigenvalue weighted by molar-refractivity contribution is 5.95. The molecule has 5 nitrogen and oxygen atoms in total. The van der Waals surface area contributed by atoms with Crippen molar-refractivity contribution in [2.45, 2.75) is 40.2 Å². The summed E-state index contributed by atoms with van der Waals surface area (Å²) in [5, 5.41) is 2.80. The molecule has 0 aliphatic carbocycles. The lowest BCUT2D eigenvalue weighted by molar-refractivity contribution is -0.153. The highest BCUT2D eigenvalue weighted by Crippen LogP contribution is 2.17. The Bertz CT molecular complexity index is 785. The Hall–Kier alpha value is -2.82. The SMILES string of the molecule is Cc1cccc(OCCC(=O)O[C@@H](C)C(=O)Nc2cc(C)ccc2C)c1. The summed E-state index contributed by atoms with van der Waals surface area (Å²) < 4.78 is 10.7. The van der Waals surface area contributed by atoms with Gasteiger partial charge in [0.05, 0.1) is 13.0 Å². The number of benzene rings is 2. The average molecular weight is 355 g/mol. The third kappa shape index (κ3) is 5.92. The van der Waals surface area contributed by atoms with Crippen LogP contribution in [0.15, 0.2) is 42.5 Å². The van der Waals surface area contributed by atoms with Gasteiger partial charge >= 0.3 is 5.97 Å². The largest absolute Gasteiger partial charge is 0.493 e. The van der Waals surface area contributed by atoms with E-state index in [9.17, 15) is 9.59 Å². The molecule has 0 aromatic heterocycles. The Morgan fingerprint density at radius 2 is 1.77 bits per heavy atom. The van der Waals surface area contributed by atoms with E-state index in [1.165, 1.54) is 0 Å². The van der Waals surface area contributed by atoms with Crippen LogP contribution in [0, 0.1) is 20.8 Å². The quantitative estimate of drug-likeness (QED) is 0.764. The first kappa shape index (κ1) is 19.5. The summed E-state index contributed by atoms with van der Waals surface area (Å²) in [7, 11) is 0. The van der Waals surface area contributed by atoms with Crippen LogP contribution in [0.4, 0.5) is 5.69 Å². The van der Waals surface area contributed by atoms with Crippen LogP contribution in [-0.4, -0.2) is 24.6 Å². The van der Waals surface area contributed by atoms with Crippen molar-refractivity contribution in [1.29, 1.82) is 0 Å². The molecule has 0 fully saturated rings. The smallest absolute Gasteiger partial charge is 0.310 e. The van der Waals surface area contributed by atoms with Gasteiger partial charge in [-0.3, -0.25) is 9.59 Å². The average Bonchev–Trinajstić information content (AvgIpc) is 2.58. The Balaban J connectivity index is 1.78. The molecule has 0 heterocycles. The molecule has 1 N–H and O–H groups in total. The van der Waals surface area contributed by atoms with Crippen molar-refractivity contribution >= 4 is 17.6 Å². The van der Waals surface area contributed by atoms with Crippen molar-refractivity contribution < 1.29 is 19.1 Å². The molecule has 0 unspecified atom stereocenters. The van der Waals surface area contributed by atoms with Gasteiger partial charge in [0, 0.05) is 5.69 Å². The van der Waals surface area contributed by atoms with Crippen molar-refractivity contribution in [1.82, 2.24) is 0 Å². The van der Waals surface area contributed by atoms with Gasteiger partial charge in [-0.1, -0.05) is 24.3 Å². The van der Waals surface area contributed by atoms with Gasteiger partial charge in [0.1, 0.15) is 5.75 Å². The number of amides is 1. The lowest BCUT2D eigenvalue weighted by Gasteiger charge is -2.15. The van der Waals surface area contributed by atoms with E-state index in [0.717, 1.165) is 22.4 Å². The fourth-order valence-corrected chi connectivity index (χ4v) is 2.37. The van der Waals surface area contributed by atoms with Crippen LogP contribution < -0.4 is 10.1 Å². The fraction of sp³-hybridized carbons (Fsp3) is 0.333. The van der Waals surface area contributed by atoms with Crippen LogP contribution in [0.1, 0.15) is 30.0 Å². The second-order valence-corrected chi connectivity index (χ2v) is 6.35. The van der Waals surface area contributed by atoms with Gasteiger partial charge in [0.25, 0.3) is 5.91 Å². The van der Waals surface area contributed by atoms with Gasteiger partial charge in [0.15, 0.2) is 6.10 Å². The zero-order valence-corrected chi connectivity index (χ0v) is 15.7. The minimum absolute atomic E-state index is 0.0784. The van der Waals surface area contributed by atoms with E-state index >= 15 is 0 Å². The highest BCUT2D eigenvalue weighted by Gasteiger charge is 2.18. The number of esters is 1. The Morgan fingerprint density at radius 1 is 1.04 bits per heavy atom. The number of aryl methyl sites for hydroxylation is 3. The number of rotatable bonds is 7. The summed E-state index contributed by atoms with van der Waals surface area (Å²) in [4.78, 5) is 24.1. The van der Waals surface area contributed by atoms with Crippen molar-refractivity contribution in [3.8, 4) is 5.75 Å². The Kier molecular flexibility index (Phi) is 6.78. The molecule has 2 aromatic rings. The number of nitrogens with one attached hydrogen (secondary N) is 1. The minimum Gasteiger partial charge on any atom is -0.493 e. The highest BCUT2D eigenvalue weighted by atomic mass is 16.5. The molecule has 1 atom stereocenters. The van der Waals surface area contributed by atoms with E-state index in [4.69, 9.17) is 9.47 Å². The molecule has 0 bridgehead atoms. The normalized spacial score (nSPS) is 11.5. The number of carbonyl (C=O) groups is 2. The van der Waals surface area contributed by atoms with Gasteiger partial charge < -0.3 is 14.8 Å². The second-order valence-electron chi connectivity index (χ2n) is 6.35. The summed E-state index contributed by atoms with van der Waals surface area (Å²) in [6, 6.07) is 13.4. The van der Waals surface area contributed by atoms with Crippen molar-refractivity contribution in [2.24, 2.45) is 0 Å². The molecule has 2 rings (SSSR count). The van der Waals surface area contributed by atoms with Gasteiger partial charge in [-0.15, -0.1) is 0 Å². The van der Waals surface area contributed by atoms with Crippen molar-refractivity contribution in [3.63, 3.8) is 0 Å². The molecular weight excluding hydrogens is 330 g/mol. The van der Waals surface area contributed by atoms with E-state index in [2.05, 4.69) is 5.32 Å². The molecule has 138 valence electrons. The molecule has 5 heteroatoms. The summed E-state index contributed by atoms with van der Waals surface area (Å²) in [6.45, 7) is 7.59. The number of hydrogen-bond donors (Lipinski definition) is 1. The predicted molar refractivity (Wildman–Crippen MR) is 101 cm³/mol. The van der Waals surface area contributed by atoms with Crippen LogP contribution in [0.3, 0.4) is 0 Å². The van der Waals surface area contributed by atoms with Crippen LogP contribution in [0.5, 0.6) is 5.75 Å². The molecule has 0 saturated carbocycles. The lowest BCUT2D eigenvalue weighted by atomic mass is 10.1. The number of ether oxygens (including phenoxy) is 2. The zero-order valence-electron chi connectivity index (χ0n) is 15.7. The maximum atomic E-state index is 12.2. The summed E-state index contributed by atoms with van der Waals surface area (Å²) in [6.07, 6.45) is -0.795. The van der Waals surface area contributed by atoms with Crippen LogP contribution in [0.2, 0.25) is 0 Å². The first-order chi connectivity index (χ1) is 12.3. The van der Waals surface area contributed by atoms with Gasteiger partial charge in [-0.05, 0) is 62.6 Å². The number of hydrogen-bond acceptors (Lipinski definition) is 4. The van der Waals surface area contributed by atoms with E-state index in [0.29, 0.717) is 5.75 Å². The van der Waals surface area contributed by atoms with Gasteiger partial charge in [0.2, 0.25) is 0 Å². The van der Waals surface area contributed by atoms with Crippen molar-refractivity contribution in [2.75, 3.05) is 11.9 Å². The molecule has 0 saturated heterocycles. The summed E-state index contributed by atoms with van der Waals surface area (Å²) >= 11 is 0. The van der Waals surface area contributed by atoms with Crippen LogP contribution in [-0.2, 0) is 14.3 Å². The van der Waals surface area contributed by atoms with Crippen LogP contribution in [0.25, 0.3) is 0 Å². The first-order valence-electron chi connectivity index (χ1n) is 8.62. The van der Waals surface area contributed by atoms with E-state index in [1.54, 1.807) is 6.92 Å².